The fourth-order valence-electron chi connectivity index (χ4n) is 14.2. The van der Waals surface area contributed by atoms with Gasteiger partial charge in [0.1, 0.15) is 0 Å². The van der Waals surface area contributed by atoms with Crippen LogP contribution in [0.4, 0.5) is 49.1 Å². The van der Waals surface area contributed by atoms with Gasteiger partial charge in [0.15, 0.2) is 0 Å². The first kappa shape index (κ1) is 42.3. The Hall–Kier alpha value is -6.02. The molecule has 0 bridgehead atoms. The molecule has 5 aliphatic rings. The lowest BCUT2D eigenvalue weighted by Crippen LogP contribution is -2.54. The van der Waals surface area contributed by atoms with Crippen molar-refractivity contribution in [3.8, 4) is 11.1 Å². The van der Waals surface area contributed by atoms with Crippen LogP contribution in [-0.2, 0) is 28.6 Å². The van der Waals surface area contributed by atoms with Gasteiger partial charge in [0.05, 0.1) is 27.6 Å². The van der Waals surface area contributed by atoms with Crippen molar-refractivity contribution < 1.29 is 26.3 Å². The average Bonchev–Trinajstić information content (AvgIpc) is 3.81. The molecule has 67 heavy (non-hydrogen) atoms. The number of halogens is 6. The summed E-state index contributed by atoms with van der Waals surface area (Å²) in [5.41, 5.74) is 7.25. The van der Waals surface area contributed by atoms with Crippen LogP contribution >= 0.6 is 0 Å². The summed E-state index contributed by atoms with van der Waals surface area (Å²) in [5, 5.41) is 2.08. The third-order valence-electron chi connectivity index (χ3n) is 17.9. The summed E-state index contributed by atoms with van der Waals surface area (Å²) in [5.74, 6) is 0. The predicted octanol–water partition coefficient (Wildman–Crippen LogP) is 16.7. The van der Waals surface area contributed by atoms with E-state index in [-0.39, 0.29) is 0 Å². The molecule has 4 unspecified atom stereocenters. The van der Waals surface area contributed by atoms with Gasteiger partial charge in [-0.05, 0) is 144 Å². The molecule has 0 amide bonds. The van der Waals surface area contributed by atoms with Gasteiger partial charge >= 0.3 is 12.4 Å². The van der Waals surface area contributed by atoms with Crippen molar-refractivity contribution in [3.63, 3.8) is 0 Å². The Kier molecular flexibility index (Phi) is 8.86. The molecule has 12 rings (SSSR count). The van der Waals surface area contributed by atoms with Crippen molar-refractivity contribution in [2.24, 2.45) is 0 Å². The fourth-order valence-corrected chi connectivity index (χ4v) is 14.2. The van der Waals surface area contributed by atoms with E-state index in [1.165, 1.54) is 24.3 Å². The van der Waals surface area contributed by atoms with Gasteiger partial charge in [-0.25, -0.2) is 0 Å². The molecule has 2 saturated carbocycles. The molecule has 0 N–H and O–H groups in total. The molecule has 0 radical (unpaired) electrons. The van der Waals surface area contributed by atoms with Crippen molar-refractivity contribution in [1.82, 2.24) is 0 Å². The molecule has 0 saturated heterocycles. The summed E-state index contributed by atoms with van der Waals surface area (Å²) in [7, 11) is 0. The average molecular weight is 903 g/mol. The molecule has 7 aromatic rings. The van der Waals surface area contributed by atoms with Gasteiger partial charge < -0.3 is 9.80 Å². The normalized spacial score (nSPS) is 25.9. The first-order chi connectivity index (χ1) is 32.0. The number of hydrogen-bond acceptors (Lipinski definition) is 2. The maximum atomic E-state index is 14.5. The zero-order valence-electron chi connectivity index (χ0n) is 38.2. The van der Waals surface area contributed by atoms with Crippen LogP contribution in [0.3, 0.4) is 0 Å². The van der Waals surface area contributed by atoms with E-state index >= 15 is 0 Å². The summed E-state index contributed by atoms with van der Waals surface area (Å²) < 4.78 is 86.9. The van der Waals surface area contributed by atoms with Gasteiger partial charge in [-0.1, -0.05) is 131 Å². The van der Waals surface area contributed by atoms with Crippen molar-refractivity contribution in [2.75, 3.05) is 9.80 Å². The highest BCUT2D eigenvalue weighted by molar-refractivity contribution is 6.11. The molecule has 0 aromatic heterocycles. The Balaban J connectivity index is 1.16. The van der Waals surface area contributed by atoms with Gasteiger partial charge in [-0.3, -0.25) is 0 Å². The van der Waals surface area contributed by atoms with E-state index in [2.05, 4.69) is 135 Å². The number of hydrogen-bond donors (Lipinski definition) is 0. The smallest absolute Gasteiger partial charge is 0.334 e. The Morgan fingerprint density at radius 2 is 0.896 bits per heavy atom. The monoisotopic (exact) mass is 902 g/mol. The molecule has 3 aliphatic carbocycles. The zero-order valence-corrected chi connectivity index (χ0v) is 38.2. The first-order valence-corrected chi connectivity index (χ1v) is 23.8. The maximum absolute atomic E-state index is 14.5. The van der Waals surface area contributed by atoms with Crippen LogP contribution in [0.5, 0.6) is 0 Å². The van der Waals surface area contributed by atoms with Crippen LogP contribution in [-0.4, -0.2) is 11.1 Å². The molecule has 7 aromatic carbocycles. The van der Waals surface area contributed by atoms with Crippen molar-refractivity contribution in [1.29, 1.82) is 0 Å². The van der Waals surface area contributed by atoms with E-state index in [4.69, 9.17) is 0 Å². The molecule has 8 heteroatoms. The van der Waals surface area contributed by atoms with E-state index in [1.54, 1.807) is 12.1 Å². The minimum Gasteiger partial charge on any atom is -0.334 e. The third-order valence-corrected chi connectivity index (χ3v) is 17.9. The summed E-state index contributed by atoms with van der Waals surface area (Å²) >= 11 is 0. The Morgan fingerprint density at radius 3 is 1.43 bits per heavy atom. The van der Waals surface area contributed by atoms with Crippen LogP contribution < -0.4 is 9.80 Å². The highest BCUT2D eigenvalue weighted by atomic mass is 19.4. The van der Waals surface area contributed by atoms with Gasteiger partial charge in [0.2, 0.25) is 0 Å². The standard InChI is InChI=1S/C59H52F6N2/c1-53-29-13-15-31-55(53,3)66(49-27-23-39(33-46(49)53)58(60,61)62)41-25-26-44-45(35-41)57(37-17-7-5-8-18-37,38-19-9-6-10-20-38)48-36-51(42-21-11-12-22-43(42)52(44)48)67-50-28-24-40(59(63,64)65)34-47(50)54(2)30-14-16-32-56(54,67)4/h5-12,17-28,33-36H,13-16,29-32H2,1-4H3. The minimum absolute atomic E-state index is 0.503. The molecule has 2 heterocycles. The SMILES string of the molecule is CC12CCCCC1(C)N(c1ccc3c(c1)C(c1ccccc1)(c1ccccc1)c1cc(N4c5ccc(C(F)(F)F)cc5C5(C)CCCCC45C)c4ccccc4c1-3)c1ccc(C(F)(F)F)cc12. The number of alkyl halides is 6. The highest BCUT2D eigenvalue weighted by Crippen LogP contribution is 2.67. The van der Waals surface area contributed by atoms with Gasteiger partial charge in [-0.2, -0.15) is 26.3 Å². The number of rotatable bonds is 4. The van der Waals surface area contributed by atoms with E-state index < -0.39 is 50.8 Å². The number of benzene rings is 7. The van der Waals surface area contributed by atoms with Crippen LogP contribution in [0, 0.1) is 0 Å². The largest absolute Gasteiger partial charge is 0.416 e. The zero-order chi connectivity index (χ0) is 46.5. The number of fused-ring (bicyclic) bond motifs is 11. The second-order valence-electron chi connectivity index (χ2n) is 20.8. The van der Waals surface area contributed by atoms with Crippen LogP contribution in [0.1, 0.15) is 124 Å². The molecule has 340 valence electrons. The van der Waals surface area contributed by atoms with Gasteiger partial charge in [-0.15, -0.1) is 0 Å². The van der Waals surface area contributed by atoms with Crippen molar-refractivity contribution >= 4 is 33.5 Å². The summed E-state index contributed by atoms with van der Waals surface area (Å²) in [6.07, 6.45) is -1.92. The fraction of sp³-hybridized carbons (Fsp3) is 0.322. The maximum Gasteiger partial charge on any atom is 0.416 e. The molecule has 2 aliphatic heterocycles. The van der Waals surface area contributed by atoms with E-state index in [1.807, 2.05) is 12.1 Å². The van der Waals surface area contributed by atoms with Crippen LogP contribution in [0.15, 0.2) is 146 Å². The third kappa shape index (κ3) is 5.47. The lowest BCUT2D eigenvalue weighted by molar-refractivity contribution is -0.138. The highest BCUT2D eigenvalue weighted by Gasteiger charge is 2.61. The molecule has 4 atom stereocenters. The predicted molar refractivity (Wildman–Crippen MR) is 257 cm³/mol. The van der Waals surface area contributed by atoms with E-state index in [0.29, 0.717) is 0 Å². The Bertz CT molecular complexity index is 3120. The van der Waals surface area contributed by atoms with Crippen LogP contribution in [0.25, 0.3) is 21.9 Å². The van der Waals surface area contributed by atoms with E-state index in [0.717, 1.165) is 129 Å². The number of nitrogens with zero attached hydrogens (tertiary/aromatic N) is 2. The summed E-state index contributed by atoms with van der Waals surface area (Å²) in [6.45, 7) is 8.84. The van der Waals surface area contributed by atoms with Gasteiger partial charge in [0.25, 0.3) is 0 Å². The van der Waals surface area contributed by atoms with Crippen LogP contribution in [0.2, 0.25) is 0 Å². The van der Waals surface area contributed by atoms with Crippen molar-refractivity contribution in [3.05, 3.63) is 190 Å². The van der Waals surface area contributed by atoms with E-state index in [9.17, 15) is 26.3 Å². The lowest BCUT2D eigenvalue weighted by Gasteiger charge is -2.50. The quantitative estimate of drug-likeness (QED) is 0.162. The molecule has 2 fully saturated rings. The number of anilines is 4. The second-order valence-corrected chi connectivity index (χ2v) is 20.8. The molecule has 0 spiro atoms. The summed E-state index contributed by atoms with van der Waals surface area (Å²) in [4.78, 5) is 4.76. The molecular formula is C59H52F6N2. The first-order valence-electron chi connectivity index (χ1n) is 23.8. The molecule has 2 nitrogen and oxygen atoms in total. The lowest BCUT2D eigenvalue weighted by atomic mass is 9.61. The second kappa shape index (κ2) is 14.0. The summed E-state index contributed by atoms with van der Waals surface area (Å²) in [6, 6.07) is 47.5. The van der Waals surface area contributed by atoms with Crippen molar-refractivity contribution in [2.45, 2.75) is 119 Å². The Labute approximate surface area is 388 Å². The van der Waals surface area contributed by atoms with Gasteiger partial charge in [0, 0.05) is 39.0 Å². The molecular weight excluding hydrogens is 851 g/mol. The topological polar surface area (TPSA) is 6.48 Å². The minimum atomic E-state index is -4.48. The Morgan fingerprint density at radius 1 is 0.418 bits per heavy atom.